The molecule has 1 aliphatic carbocycles. The molecule has 6 heteroatoms. The fraction of sp³-hybridized carbons (Fsp3) is 0.269. The van der Waals surface area contributed by atoms with Gasteiger partial charge in [-0.2, -0.15) is 5.10 Å². The quantitative estimate of drug-likeness (QED) is 0.440. The highest BCUT2D eigenvalue weighted by atomic mass is 16.5. The zero-order chi connectivity index (χ0) is 21.9. The average Bonchev–Trinajstić information content (AvgIpc) is 3.23. The van der Waals surface area contributed by atoms with Crippen molar-refractivity contribution in [3.63, 3.8) is 0 Å². The van der Waals surface area contributed by atoms with Gasteiger partial charge < -0.3 is 9.84 Å². The molecule has 1 aliphatic rings. The molecule has 1 fully saturated rings. The summed E-state index contributed by atoms with van der Waals surface area (Å²) < 4.78 is 7.99. The molecule has 5 rings (SSSR count). The summed E-state index contributed by atoms with van der Waals surface area (Å²) in [5.41, 5.74) is 4.07. The number of carboxylic acid groups (broad SMARTS) is 1. The number of hydrogen-bond donors (Lipinski definition) is 1. The summed E-state index contributed by atoms with van der Waals surface area (Å²) in [6.45, 7) is 0.528. The number of nitrogens with zero attached hydrogens (tertiary/aromatic N) is 3. The van der Waals surface area contributed by atoms with Gasteiger partial charge in [-0.1, -0.05) is 30.3 Å². The Morgan fingerprint density at radius 3 is 2.47 bits per heavy atom. The van der Waals surface area contributed by atoms with Gasteiger partial charge in [0, 0.05) is 23.3 Å². The number of hydrogen-bond acceptors (Lipinski definition) is 4. The number of carbonyl (C=O) groups is 1. The standard InChI is InChI=1S/C26H25N3O3/c30-26(31)20-6-10-21(11-7-20)29-24-14-15-27-16-23(24)25(28-29)19-8-12-22(13-9-19)32-17-18-4-2-1-3-5-18/h1-5,8-9,12-16,20-21H,6-7,10-11,17H2,(H,30,31). The molecule has 2 aromatic carbocycles. The van der Waals surface area contributed by atoms with E-state index in [1.807, 2.05) is 66.9 Å². The smallest absolute Gasteiger partial charge is 0.306 e. The summed E-state index contributed by atoms with van der Waals surface area (Å²) in [5.74, 6) is -0.114. The van der Waals surface area contributed by atoms with E-state index in [-0.39, 0.29) is 12.0 Å². The molecule has 0 spiro atoms. The molecule has 6 nitrogen and oxygen atoms in total. The van der Waals surface area contributed by atoms with Crippen LogP contribution in [0.15, 0.2) is 73.1 Å². The molecule has 0 atom stereocenters. The van der Waals surface area contributed by atoms with E-state index in [4.69, 9.17) is 9.84 Å². The Morgan fingerprint density at radius 2 is 1.75 bits per heavy atom. The predicted octanol–water partition coefficient (Wildman–Crippen LogP) is 5.49. The van der Waals surface area contributed by atoms with E-state index in [1.165, 1.54) is 0 Å². The lowest BCUT2D eigenvalue weighted by Crippen LogP contribution is -2.23. The molecular formula is C26H25N3O3. The first-order valence-corrected chi connectivity index (χ1v) is 11.0. The molecule has 1 saturated carbocycles. The van der Waals surface area contributed by atoms with Crippen LogP contribution in [0.1, 0.15) is 37.3 Å². The van der Waals surface area contributed by atoms with Crippen LogP contribution in [0.5, 0.6) is 5.75 Å². The number of fused-ring (bicyclic) bond motifs is 1. The van der Waals surface area contributed by atoms with E-state index in [9.17, 15) is 9.90 Å². The highest BCUT2D eigenvalue weighted by Crippen LogP contribution is 2.36. The summed E-state index contributed by atoms with van der Waals surface area (Å²) in [7, 11) is 0. The van der Waals surface area contributed by atoms with E-state index in [1.54, 1.807) is 6.20 Å². The third kappa shape index (κ3) is 4.08. The van der Waals surface area contributed by atoms with Crippen molar-refractivity contribution in [1.82, 2.24) is 14.8 Å². The van der Waals surface area contributed by atoms with Crippen molar-refractivity contribution in [2.45, 2.75) is 38.3 Å². The van der Waals surface area contributed by atoms with Gasteiger partial charge in [-0.3, -0.25) is 14.5 Å². The Bertz CT molecular complexity index is 1210. The van der Waals surface area contributed by atoms with E-state index >= 15 is 0 Å². The van der Waals surface area contributed by atoms with Crippen molar-refractivity contribution < 1.29 is 14.6 Å². The molecule has 4 aromatic rings. The lowest BCUT2D eigenvalue weighted by Gasteiger charge is -2.26. The lowest BCUT2D eigenvalue weighted by molar-refractivity contribution is -0.143. The number of ether oxygens (including phenoxy) is 1. The maximum Gasteiger partial charge on any atom is 0.306 e. The Balaban J connectivity index is 1.38. The van der Waals surface area contributed by atoms with Crippen molar-refractivity contribution in [1.29, 1.82) is 0 Å². The number of benzene rings is 2. The number of carboxylic acids is 1. The van der Waals surface area contributed by atoms with Gasteiger partial charge in [0.15, 0.2) is 0 Å². The predicted molar refractivity (Wildman–Crippen MR) is 122 cm³/mol. The highest BCUT2D eigenvalue weighted by molar-refractivity contribution is 5.92. The molecule has 0 saturated heterocycles. The first-order valence-electron chi connectivity index (χ1n) is 11.0. The Hall–Kier alpha value is -3.67. The van der Waals surface area contributed by atoms with Gasteiger partial charge in [0.05, 0.1) is 17.5 Å². The van der Waals surface area contributed by atoms with Crippen LogP contribution < -0.4 is 4.74 Å². The fourth-order valence-electron chi connectivity index (χ4n) is 4.49. The van der Waals surface area contributed by atoms with E-state index in [0.29, 0.717) is 19.4 Å². The van der Waals surface area contributed by atoms with E-state index < -0.39 is 5.97 Å². The second-order valence-electron chi connectivity index (χ2n) is 8.33. The summed E-state index contributed by atoms with van der Waals surface area (Å²) in [5, 5.41) is 15.3. The number of aliphatic carboxylic acids is 1. The van der Waals surface area contributed by atoms with Gasteiger partial charge in [0.2, 0.25) is 0 Å². The van der Waals surface area contributed by atoms with Crippen LogP contribution >= 0.6 is 0 Å². The number of rotatable bonds is 6. The van der Waals surface area contributed by atoms with Crippen molar-refractivity contribution in [2.75, 3.05) is 0 Å². The van der Waals surface area contributed by atoms with Crippen LogP contribution in [-0.4, -0.2) is 25.8 Å². The maximum absolute atomic E-state index is 11.3. The molecule has 0 amide bonds. The average molecular weight is 428 g/mol. The number of aromatic nitrogens is 3. The van der Waals surface area contributed by atoms with Crippen molar-refractivity contribution in [3.05, 3.63) is 78.6 Å². The summed E-state index contributed by atoms with van der Waals surface area (Å²) in [4.78, 5) is 15.6. The Morgan fingerprint density at radius 1 is 1.00 bits per heavy atom. The third-order valence-corrected chi connectivity index (χ3v) is 6.28. The molecule has 32 heavy (non-hydrogen) atoms. The fourth-order valence-corrected chi connectivity index (χ4v) is 4.49. The Labute approximate surface area is 186 Å². The first-order chi connectivity index (χ1) is 15.7. The highest BCUT2D eigenvalue weighted by Gasteiger charge is 2.28. The van der Waals surface area contributed by atoms with Gasteiger partial charge in [-0.25, -0.2) is 0 Å². The van der Waals surface area contributed by atoms with Crippen molar-refractivity contribution in [3.8, 4) is 17.0 Å². The van der Waals surface area contributed by atoms with Gasteiger partial charge in [0.25, 0.3) is 0 Å². The maximum atomic E-state index is 11.3. The van der Waals surface area contributed by atoms with Crippen LogP contribution in [0.4, 0.5) is 0 Å². The second kappa shape index (κ2) is 8.83. The minimum absolute atomic E-state index is 0.206. The molecule has 2 heterocycles. The van der Waals surface area contributed by atoms with Crippen LogP contribution in [0.25, 0.3) is 22.2 Å². The largest absolute Gasteiger partial charge is 0.489 e. The molecule has 2 aromatic heterocycles. The molecule has 0 radical (unpaired) electrons. The monoisotopic (exact) mass is 427 g/mol. The van der Waals surface area contributed by atoms with Crippen LogP contribution in [0, 0.1) is 5.92 Å². The molecule has 0 aliphatic heterocycles. The summed E-state index contributed by atoms with van der Waals surface area (Å²) in [6, 6.07) is 20.3. The lowest BCUT2D eigenvalue weighted by atomic mass is 9.86. The minimum atomic E-state index is -0.687. The Kier molecular flexibility index (Phi) is 5.58. The molecule has 162 valence electrons. The van der Waals surface area contributed by atoms with Gasteiger partial charge in [-0.05, 0) is 61.6 Å². The minimum Gasteiger partial charge on any atom is -0.489 e. The van der Waals surface area contributed by atoms with Crippen molar-refractivity contribution >= 4 is 16.9 Å². The zero-order valence-electron chi connectivity index (χ0n) is 17.7. The first kappa shape index (κ1) is 20.2. The van der Waals surface area contributed by atoms with Gasteiger partial charge >= 0.3 is 5.97 Å². The molecule has 0 bridgehead atoms. The summed E-state index contributed by atoms with van der Waals surface area (Å²) >= 11 is 0. The second-order valence-corrected chi connectivity index (χ2v) is 8.33. The molecule has 0 unspecified atom stereocenters. The zero-order valence-corrected chi connectivity index (χ0v) is 17.7. The van der Waals surface area contributed by atoms with Gasteiger partial charge in [-0.15, -0.1) is 0 Å². The molecule has 1 N–H and O–H groups in total. The van der Waals surface area contributed by atoms with Gasteiger partial charge in [0.1, 0.15) is 18.1 Å². The number of pyridine rings is 1. The topological polar surface area (TPSA) is 77.2 Å². The normalized spacial score (nSPS) is 18.5. The molecular weight excluding hydrogens is 402 g/mol. The van der Waals surface area contributed by atoms with Crippen LogP contribution in [-0.2, 0) is 11.4 Å². The van der Waals surface area contributed by atoms with E-state index in [0.717, 1.165) is 46.3 Å². The SMILES string of the molecule is O=C(O)C1CCC(n2nc(-c3ccc(OCc4ccccc4)cc3)c3cnccc32)CC1. The van der Waals surface area contributed by atoms with Crippen LogP contribution in [0.2, 0.25) is 0 Å². The van der Waals surface area contributed by atoms with Crippen molar-refractivity contribution in [2.24, 2.45) is 5.92 Å². The third-order valence-electron chi connectivity index (χ3n) is 6.28. The van der Waals surface area contributed by atoms with E-state index in [2.05, 4.69) is 9.67 Å². The summed E-state index contributed by atoms with van der Waals surface area (Å²) in [6.07, 6.45) is 6.67. The van der Waals surface area contributed by atoms with Crippen LogP contribution in [0.3, 0.4) is 0 Å².